The molecule has 1 saturated heterocycles. The van der Waals surface area contributed by atoms with Crippen LogP contribution in [0.15, 0.2) is 42.5 Å². The zero-order chi connectivity index (χ0) is 22.3. The molecule has 1 fully saturated rings. The van der Waals surface area contributed by atoms with Gasteiger partial charge in [0.15, 0.2) is 0 Å². The van der Waals surface area contributed by atoms with Crippen LogP contribution in [0.1, 0.15) is 51.4 Å². The van der Waals surface area contributed by atoms with Crippen molar-refractivity contribution >= 4 is 24.2 Å². The van der Waals surface area contributed by atoms with E-state index in [1.54, 1.807) is 6.07 Å². The molecule has 6 nitrogen and oxygen atoms in total. The van der Waals surface area contributed by atoms with Crippen LogP contribution in [0.2, 0.25) is 0 Å². The molecule has 9 heteroatoms. The van der Waals surface area contributed by atoms with Gasteiger partial charge in [0.2, 0.25) is 0 Å². The Kier molecular flexibility index (Phi) is 9.53. The van der Waals surface area contributed by atoms with Crippen LogP contribution in [0.3, 0.4) is 0 Å². The molecular formula is C23H29ClF2N4O2. The van der Waals surface area contributed by atoms with E-state index < -0.39 is 11.8 Å². The molecule has 0 bridgehead atoms. The summed E-state index contributed by atoms with van der Waals surface area (Å²) in [7, 11) is 1.50. The molecule has 0 saturated carbocycles. The normalized spacial score (nSPS) is 17.2. The number of halogens is 3. The molecule has 0 aliphatic carbocycles. The number of rotatable bonds is 8. The highest BCUT2D eigenvalue weighted by atomic mass is 35.5. The van der Waals surface area contributed by atoms with Gasteiger partial charge in [-0.25, -0.2) is 13.8 Å². The van der Waals surface area contributed by atoms with Crippen LogP contribution < -0.4 is 16.0 Å². The van der Waals surface area contributed by atoms with Crippen molar-refractivity contribution in [2.75, 3.05) is 26.7 Å². The lowest BCUT2D eigenvalue weighted by atomic mass is 9.89. The third-order valence-electron chi connectivity index (χ3n) is 5.47. The van der Waals surface area contributed by atoms with Crippen molar-refractivity contribution in [3.63, 3.8) is 0 Å². The Morgan fingerprint density at radius 3 is 2.62 bits per heavy atom. The summed E-state index contributed by atoms with van der Waals surface area (Å²) < 4.78 is 27.8. The molecule has 1 aliphatic rings. The molecule has 1 aliphatic heterocycles. The molecule has 0 radical (unpaired) electrons. The van der Waals surface area contributed by atoms with Gasteiger partial charge in [-0.3, -0.25) is 9.59 Å². The lowest BCUT2D eigenvalue weighted by Gasteiger charge is -2.31. The number of hydrogen-bond acceptors (Lipinski definition) is 4. The molecule has 32 heavy (non-hydrogen) atoms. The maximum Gasteiger partial charge on any atom is 0.269 e. The predicted octanol–water partition coefficient (Wildman–Crippen LogP) is 3.21. The lowest BCUT2D eigenvalue weighted by Crippen LogP contribution is -2.46. The molecule has 2 aromatic rings. The summed E-state index contributed by atoms with van der Waals surface area (Å²) in [6, 6.07) is 12.7. The van der Waals surface area contributed by atoms with Gasteiger partial charge in [-0.2, -0.15) is 0 Å². The third-order valence-corrected chi connectivity index (χ3v) is 5.47. The highest BCUT2D eigenvalue weighted by Gasteiger charge is 2.40. The fourth-order valence-corrected chi connectivity index (χ4v) is 3.75. The van der Waals surface area contributed by atoms with Crippen LogP contribution in [0, 0.1) is 5.92 Å². The third kappa shape index (κ3) is 6.97. The standard InChI is InChI=1S/C23H28F2N4O2.ClH/c1-26-22(31)20-14-17(13-19(29-20)12-16-6-3-2-4-7-16)21(30)28-10-5-8-18-9-11-27-15-23(18,24)25;/h2-4,6-7,13-14,18,27H,5,8-12,15H2,1H3,(H,26,31)(H,28,30);1H. The van der Waals surface area contributed by atoms with Crippen molar-refractivity contribution < 1.29 is 18.4 Å². The first kappa shape index (κ1) is 25.7. The summed E-state index contributed by atoms with van der Waals surface area (Å²) in [4.78, 5) is 29.1. The highest BCUT2D eigenvalue weighted by molar-refractivity contribution is 5.98. The number of amides is 2. The smallest absolute Gasteiger partial charge is 0.269 e. The molecule has 174 valence electrons. The molecule has 3 N–H and O–H groups in total. The first-order chi connectivity index (χ1) is 14.9. The summed E-state index contributed by atoms with van der Waals surface area (Å²) in [5.74, 6) is -4.10. The number of nitrogens with one attached hydrogen (secondary N) is 3. The van der Waals surface area contributed by atoms with Gasteiger partial charge in [0.1, 0.15) is 5.69 Å². The van der Waals surface area contributed by atoms with Gasteiger partial charge < -0.3 is 16.0 Å². The zero-order valence-corrected chi connectivity index (χ0v) is 18.8. The minimum absolute atomic E-state index is 0. The maximum absolute atomic E-state index is 13.9. The Morgan fingerprint density at radius 1 is 1.19 bits per heavy atom. The number of alkyl halides is 2. The second-order valence-electron chi connectivity index (χ2n) is 7.80. The van der Waals surface area contributed by atoms with E-state index in [-0.39, 0.29) is 36.5 Å². The molecule has 1 unspecified atom stereocenters. The number of piperidine rings is 1. The summed E-state index contributed by atoms with van der Waals surface area (Å²) in [5.41, 5.74) is 2.10. The highest BCUT2D eigenvalue weighted by Crippen LogP contribution is 2.32. The Labute approximate surface area is 193 Å². The van der Waals surface area contributed by atoms with Crippen molar-refractivity contribution in [2.24, 2.45) is 5.92 Å². The lowest BCUT2D eigenvalue weighted by molar-refractivity contribution is -0.0762. The number of pyridine rings is 1. The van der Waals surface area contributed by atoms with E-state index in [9.17, 15) is 18.4 Å². The molecule has 1 atom stereocenters. The average molecular weight is 467 g/mol. The quantitative estimate of drug-likeness (QED) is 0.522. The predicted molar refractivity (Wildman–Crippen MR) is 122 cm³/mol. The second kappa shape index (κ2) is 11.9. The second-order valence-corrected chi connectivity index (χ2v) is 7.80. The average Bonchev–Trinajstić information content (AvgIpc) is 2.77. The monoisotopic (exact) mass is 466 g/mol. The largest absolute Gasteiger partial charge is 0.354 e. The van der Waals surface area contributed by atoms with E-state index in [1.807, 2.05) is 30.3 Å². The molecular weight excluding hydrogens is 438 g/mol. The van der Waals surface area contributed by atoms with E-state index in [0.717, 1.165) is 5.56 Å². The van der Waals surface area contributed by atoms with Crippen LogP contribution in [-0.2, 0) is 6.42 Å². The maximum atomic E-state index is 13.9. The number of carbonyl (C=O) groups is 2. The first-order valence-corrected chi connectivity index (χ1v) is 10.5. The molecule has 1 aromatic carbocycles. The van der Waals surface area contributed by atoms with Crippen molar-refractivity contribution in [3.05, 3.63) is 65.0 Å². The Balaban J connectivity index is 0.00000363. The minimum Gasteiger partial charge on any atom is -0.354 e. The number of nitrogens with zero attached hydrogens (tertiary/aromatic N) is 1. The van der Waals surface area contributed by atoms with E-state index in [2.05, 4.69) is 20.9 Å². The minimum atomic E-state index is -2.71. The first-order valence-electron chi connectivity index (χ1n) is 10.5. The topological polar surface area (TPSA) is 83.1 Å². The van der Waals surface area contributed by atoms with E-state index >= 15 is 0 Å². The van der Waals surface area contributed by atoms with Gasteiger partial charge >= 0.3 is 0 Å². The van der Waals surface area contributed by atoms with E-state index in [0.29, 0.717) is 50.0 Å². The fraction of sp³-hybridized carbons (Fsp3) is 0.435. The van der Waals surface area contributed by atoms with Crippen LogP contribution in [0.25, 0.3) is 0 Å². The SMILES string of the molecule is CNC(=O)c1cc(C(=O)NCCCC2CCNCC2(F)F)cc(Cc2ccccc2)n1.Cl. The molecule has 1 aromatic heterocycles. The summed E-state index contributed by atoms with van der Waals surface area (Å²) in [5, 5.41) is 8.03. The molecule has 3 rings (SSSR count). The van der Waals surface area contributed by atoms with Crippen LogP contribution in [0.5, 0.6) is 0 Å². The van der Waals surface area contributed by atoms with Crippen LogP contribution >= 0.6 is 12.4 Å². The number of hydrogen-bond donors (Lipinski definition) is 3. The van der Waals surface area contributed by atoms with Gasteiger partial charge in [0.25, 0.3) is 17.7 Å². The van der Waals surface area contributed by atoms with Crippen LogP contribution in [-0.4, -0.2) is 49.4 Å². The number of aromatic nitrogens is 1. The van der Waals surface area contributed by atoms with Crippen molar-refractivity contribution in [1.29, 1.82) is 0 Å². The van der Waals surface area contributed by atoms with Crippen molar-refractivity contribution in [3.8, 4) is 0 Å². The van der Waals surface area contributed by atoms with E-state index in [4.69, 9.17) is 0 Å². The van der Waals surface area contributed by atoms with Gasteiger partial charge in [-0.05, 0) is 43.5 Å². The van der Waals surface area contributed by atoms with Gasteiger partial charge in [-0.1, -0.05) is 30.3 Å². The Morgan fingerprint density at radius 2 is 1.94 bits per heavy atom. The zero-order valence-electron chi connectivity index (χ0n) is 18.0. The van der Waals surface area contributed by atoms with Gasteiger partial charge in [-0.15, -0.1) is 12.4 Å². The van der Waals surface area contributed by atoms with Crippen molar-refractivity contribution in [2.45, 2.75) is 31.6 Å². The Hall–Kier alpha value is -2.58. The van der Waals surface area contributed by atoms with Crippen LogP contribution in [0.4, 0.5) is 8.78 Å². The van der Waals surface area contributed by atoms with Gasteiger partial charge in [0, 0.05) is 37.2 Å². The van der Waals surface area contributed by atoms with E-state index in [1.165, 1.54) is 13.1 Å². The summed E-state index contributed by atoms with van der Waals surface area (Å²) in [6.07, 6.45) is 1.74. The molecule has 2 heterocycles. The number of benzene rings is 1. The molecule has 0 spiro atoms. The molecule has 2 amide bonds. The van der Waals surface area contributed by atoms with Gasteiger partial charge in [0.05, 0.1) is 6.54 Å². The summed E-state index contributed by atoms with van der Waals surface area (Å²) >= 11 is 0. The fourth-order valence-electron chi connectivity index (χ4n) is 3.75. The Bertz CT molecular complexity index is 912. The van der Waals surface area contributed by atoms with Crippen molar-refractivity contribution in [1.82, 2.24) is 20.9 Å². The summed E-state index contributed by atoms with van der Waals surface area (Å²) in [6.45, 7) is 0.605. The number of carbonyl (C=O) groups excluding carboxylic acids is 2.